The van der Waals surface area contributed by atoms with Gasteiger partial charge in [0.1, 0.15) is 0 Å². The van der Waals surface area contributed by atoms with Crippen LogP contribution < -0.4 is 0 Å². The predicted molar refractivity (Wildman–Crippen MR) is 58.0 cm³/mol. The van der Waals surface area contributed by atoms with Gasteiger partial charge in [0.15, 0.2) is 0 Å². The first-order valence-electron chi connectivity index (χ1n) is 5.40. The van der Waals surface area contributed by atoms with Crippen LogP contribution in [0.2, 0.25) is 0 Å². The van der Waals surface area contributed by atoms with Crippen LogP contribution >= 0.6 is 0 Å². The van der Waals surface area contributed by atoms with Crippen molar-refractivity contribution in [1.29, 1.82) is 0 Å². The van der Waals surface area contributed by atoms with Crippen LogP contribution in [0.1, 0.15) is 27.2 Å². The Balaban J connectivity index is 2.44. The fourth-order valence-corrected chi connectivity index (χ4v) is 2.35. The molecule has 0 saturated carbocycles. The minimum Gasteiger partial charge on any atom is -0.300 e. The number of piperidine rings is 1. The third-order valence-electron chi connectivity index (χ3n) is 3.27. The number of rotatable bonds is 3. The van der Waals surface area contributed by atoms with E-state index < -0.39 is 0 Å². The van der Waals surface area contributed by atoms with Gasteiger partial charge in [-0.15, -0.1) is 0 Å². The summed E-state index contributed by atoms with van der Waals surface area (Å²) in [5.41, 5.74) is 8.21. The molecule has 0 amide bonds. The molecule has 0 aromatic heterocycles. The molecule has 1 rings (SSSR count). The summed E-state index contributed by atoms with van der Waals surface area (Å²) in [5, 5.41) is 3.59. The van der Waals surface area contributed by atoms with Crippen molar-refractivity contribution >= 4 is 0 Å². The SMILES string of the molecule is CC1CC(C)C(C)N(CCN=[N+]=[N-])C1. The van der Waals surface area contributed by atoms with E-state index >= 15 is 0 Å². The maximum atomic E-state index is 8.21. The van der Waals surface area contributed by atoms with Crippen LogP contribution in [0.5, 0.6) is 0 Å². The van der Waals surface area contributed by atoms with E-state index in [1.807, 2.05) is 0 Å². The first-order valence-corrected chi connectivity index (χ1v) is 5.40. The molecule has 1 fully saturated rings. The molecule has 0 N–H and O–H groups in total. The van der Waals surface area contributed by atoms with E-state index in [0.29, 0.717) is 12.6 Å². The zero-order valence-electron chi connectivity index (χ0n) is 9.35. The van der Waals surface area contributed by atoms with E-state index in [1.165, 1.54) is 6.42 Å². The second kappa shape index (κ2) is 5.23. The van der Waals surface area contributed by atoms with Crippen molar-refractivity contribution in [1.82, 2.24) is 4.90 Å². The molecule has 0 aromatic carbocycles. The predicted octanol–water partition coefficient (Wildman–Crippen LogP) is 2.66. The van der Waals surface area contributed by atoms with Crippen molar-refractivity contribution in [2.24, 2.45) is 17.0 Å². The molecule has 0 bridgehead atoms. The van der Waals surface area contributed by atoms with Crippen LogP contribution in [0.25, 0.3) is 10.4 Å². The highest BCUT2D eigenvalue weighted by Gasteiger charge is 2.27. The summed E-state index contributed by atoms with van der Waals surface area (Å²) in [6.45, 7) is 9.52. The van der Waals surface area contributed by atoms with E-state index in [2.05, 4.69) is 35.7 Å². The number of likely N-dealkylation sites (tertiary alicyclic amines) is 1. The van der Waals surface area contributed by atoms with Crippen LogP contribution in [-0.2, 0) is 0 Å². The minimum atomic E-state index is 0.598. The Kier molecular flexibility index (Phi) is 4.23. The van der Waals surface area contributed by atoms with Gasteiger partial charge in [-0.2, -0.15) is 0 Å². The summed E-state index contributed by atoms with van der Waals surface area (Å²) in [4.78, 5) is 5.22. The lowest BCUT2D eigenvalue weighted by Gasteiger charge is -2.40. The summed E-state index contributed by atoms with van der Waals surface area (Å²) in [7, 11) is 0. The number of hydrogen-bond acceptors (Lipinski definition) is 2. The quantitative estimate of drug-likeness (QED) is 0.389. The topological polar surface area (TPSA) is 52.0 Å². The molecule has 4 heteroatoms. The molecular weight excluding hydrogens is 176 g/mol. The number of hydrogen-bond donors (Lipinski definition) is 0. The monoisotopic (exact) mass is 196 g/mol. The molecule has 0 aliphatic carbocycles. The third kappa shape index (κ3) is 2.89. The largest absolute Gasteiger partial charge is 0.300 e. The summed E-state index contributed by atoms with van der Waals surface area (Å²) in [6, 6.07) is 0.625. The fraction of sp³-hybridized carbons (Fsp3) is 1.00. The van der Waals surface area contributed by atoms with Crippen molar-refractivity contribution in [2.45, 2.75) is 33.2 Å². The lowest BCUT2D eigenvalue weighted by Crippen LogP contribution is -2.46. The van der Waals surface area contributed by atoms with Crippen molar-refractivity contribution in [3.63, 3.8) is 0 Å². The Bertz CT molecular complexity index is 222. The molecule has 1 aliphatic rings. The molecule has 3 atom stereocenters. The molecule has 80 valence electrons. The molecule has 1 heterocycles. The minimum absolute atomic E-state index is 0.598. The highest BCUT2D eigenvalue weighted by molar-refractivity contribution is 4.82. The first kappa shape index (κ1) is 11.3. The van der Waals surface area contributed by atoms with E-state index in [9.17, 15) is 0 Å². The Hall–Kier alpha value is -0.730. The summed E-state index contributed by atoms with van der Waals surface area (Å²) in [6.07, 6.45) is 1.32. The molecule has 0 aromatic rings. The van der Waals surface area contributed by atoms with Crippen LogP contribution in [0.15, 0.2) is 5.11 Å². The molecule has 14 heavy (non-hydrogen) atoms. The van der Waals surface area contributed by atoms with Gasteiger partial charge in [0.05, 0.1) is 0 Å². The van der Waals surface area contributed by atoms with Gasteiger partial charge >= 0.3 is 0 Å². The smallest absolute Gasteiger partial charge is 0.0385 e. The van der Waals surface area contributed by atoms with Crippen molar-refractivity contribution in [2.75, 3.05) is 19.6 Å². The van der Waals surface area contributed by atoms with Gasteiger partial charge in [0, 0.05) is 30.6 Å². The Morgan fingerprint density at radius 2 is 2.14 bits per heavy atom. The van der Waals surface area contributed by atoms with Crippen LogP contribution in [-0.4, -0.2) is 30.6 Å². The highest BCUT2D eigenvalue weighted by Crippen LogP contribution is 2.26. The number of azide groups is 1. The van der Waals surface area contributed by atoms with Crippen LogP contribution in [0.4, 0.5) is 0 Å². The molecule has 4 nitrogen and oxygen atoms in total. The van der Waals surface area contributed by atoms with Gasteiger partial charge < -0.3 is 4.90 Å². The standard InChI is InChI=1S/C10H20N4/c1-8-6-9(2)10(3)14(7-8)5-4-12-13-11/h8-10H,4-7H2,1-3H3. The molecule has 0 radical (unpaired) electrons. The molecule has 3 unspecified atom stereocenters. The van der Waals surface area contributed by atoms with Crippen molar-refractivity contribution in [3.05, 3.63) is 10.4 Å². The van der Waals surface area contributed by atoms with E-state index in [-0.39, 0.29) is 0 Å². The lowest BCUT2D eigenvalue weighted by molar-refractivity contribution is 0.0830. The molecular formula is C10H20N4. The average molecular weight is 196 g/mol. The summed E-state index contributed by atoms with van der Waals surface area (Å²) >= 11 is 0. The highest BCUT2D eigenvalue weighted by atomic mass is 15.2. The average Bonchev–Trinajstić information content (AvgIpc) is 2.13. The van der Waals surface area contributed by atoms with Gasteiger partial charge in [-0.1, -0.05) is 19.0 Å². The fourth-order valence-electron chi connectivity index (χ4n) is 2.35. The van der Waals surface area contributed by atoms with Crippen LogP contribution in [0, 0.1) is 11.8 Å². The maximum absolute atomic E-state index is 8.21. The lowest BCUT2D eigenvalue weighted by atomic mass is 9.86. The Morgan fingerprint density at radius 3 is 2.79 bits per heavy atom. The molecule has 0 spiro atoms. The Morgan fingerprint density at radius 1 is 1.43 bits per heavy atom. The van der Waals surface area contributed by atoms with E-state index in [4.69, 9.17) is 5.53 Å². The van der Waals surface area contributed by atoms with Gasteiger partial charge in [0.25, 0.3) is 0 Å². The second-order valence-electron chi connectivity index (χ2n) is 4.51. The first-order chi connectivity index (χ1) is 6.65. The van der Waals surface area contributed by atoms with Gasteiger partial charge in [-0.3, -0.25) is 0 Å². The van der Waals surface area contributed by atoms with Gasteiger partial charge in [0.2, 0.25) is 0 Å². The maximum Gasteiger partial charge on any atom is 0.0385 e. The normalized spacial score (nSPS) is 33.8. The third-order valence-corrected chi connectivity index (χ3v) is 3.27. The van der Waals surface area contributed by atoms with E-state index in [1.54, 1.807) is 0 Å². The summed E-state index contributed by atoms with van der Waals surface area (Å²) in [5.74, 6) is 1.53. The summed E-state index contributed by atoms with van der Waals surface area (Å²) < 4.78 is 0. The zero-order valence-corrected chi connectivity index (χ0v) is 9.35. The Labute approximate surface area is 85.9 Å². The van der Waals surface area contributed by atoms with Gasteiger partial charge in [-0.05, 0) is 30.7 Å². The van der Waals surface area contributed by atoms with Crippen molar-refractivity contribution in [3.8, 4) is 0 Å². The number of nitrogens with zero attached hydrogens (tertiary/aromatic N) is 4. The van der Waals surface area contributed by atoms with Crippen molar-refractivity contribution < 1.29 is 0 Å². The van der Waals surface area contributed by atoms with E-state index in [0.717, 1.165) is 24.9 Å². The van der Waals surface area contributed by atoms with Gasteiger partial charge in [-0.25, -0.2) is 0 Å². The molecule has 1 saturated heterocycles. The van der Waals surface area contributed by atoms with Crippen LogP contribution in [0.3, 0.4) is 0 Å². The second-order valence-corrected chi connectivity index (χ2v) is 4.51. The molecule has 1 aliphatic heterocycles. The zero-order chi connectivity index (χ0) is 10.6.